The summed E-state index contributed by atoms with van der Waals surface area (Å²) in [6.07, 6.45) is -2.60. The zero-order valence-electron chi connectivity index (χ0n) is 9.00. The summed E-state index contributed by atoms with van der Waals surface area (Å²) < 4.78 is 37.9. The molecule has 19 heavy (non-hydrogen) atoms. The number of hydrogen-bond donors (Lipinski definition) is 1. The molecule has 11 heteroatoms. The molecule has 0 amide bonds. The van der Waals surface area contributed by atoms with Crippen LogP contribution in [0.15, 0.2) is 18.7 Å². The molecule has 2 aromatic heterocycles. The zero-order valence-corrected chi connectivity index (χ0v) is 9.00. The lowest BCUT2D eigenvalue weighted by Crippen LogP contribution is -2.08. The van der Waals surface area contributed by atoms with Crippen molar-refractivity contribution in [3.63, 3.8) is 0 Å². The molecule has 0 aliphatic heterocycles. The van der Waals surface area contributed by atoms with Crippen molar-refractivity contribution in [2.24, 2.45) is 0 Å². The largest absolute Gasteiger partial charge is 0.419 e. The fourth-order valence-corrected chi connectivity index (χ4v) is 1.31. The highest BCUT2D eigenvalue weighted by Crippen LogP contribution is 2.30. The van der Waals surface area contributed by atoms with Crippen molar-refractivity contribution in [1.29, 1.82) is 0 Å². The number of anilines is 1. The van der Waals surface area contributed by atoms with E-state index < -0.39 is 34.0 Å². The van der Waals surface area contributed by atoms with Crippen molar-refractivity contribution in [2.45, 2.75) is 6.18 Å². The summed E-state index contributed by atoms with van der Waals surface area (Å²) in [5.74, 6) is -0.896. The molecule has 0 aromatic carbocycles. The van der Waals surface area contributed by atoms with Crippen LogP contribution in [0.25, 0.3) is 5.82 Å². The van der Waals surface area contributed by atoms with Crippen LogP contribution in [0.1, 0.15) is 5.56 Å². The molecule has 0 atom stereocenters. The van der Waals surface area contributed by atoms with Crippen LogP contribution in [0.4, 0.5) is 24.7 Å². The maximum absolute atomic E-state index is 12.4. The molecule has 2 aromatic rings. The molecule has 0 fully saturated rings. The van der Waals surface area contributed by atoms with Crippen LogP contribution >= 0.6 is 0 Å². The van der Waals surface area contributed by atoms with Crippen LogP contribution in [0.3, 0.4) is 0 Å². The number of nitrogen functional groups attached to an aromatic ring is 1. The topological polar surface area (TPSA) is 113 Å². The van der Waals surface area contributed by atoms with Gasteiger partial charge in [-0.15, -0.1) is 0 Å². The molecule has 0 aliphatic carbocycles. The molecule has 0 saturated carbocycles. The van der Waals surface area contributed by atoms with E-state index in [0.29, 0.717) is 17.1 Å². The maximum Gasteiger partial charge on any atom is 0.419 e. The third-order valence-electron chi connectivity index (χ3n) is 2.14. The quantitative estimate of drug-likeness (QED) is 0.649. The van der Waals surface area contributed by atoms with E-state index >= 15 is 0 Å². The third kappa shape index (κ3) is 2.29. The van der Waals surface area contributed by atoms with Gasteiger partial charge in [0.1, 0.15) is 6.33 Å². The van der Waals surface area contributed by atoms with E-state index in [1.54, 1.807) is 0 Å². The molecule has 0 spiro atoms. The smallest absolute Gasteiger partial charge is 0.378 e. The van der Waals surface area contributed by atoms with Gasteiger partial charge in [-0.2, -0.15) is 18.3 Å². The highest BCUT2D eigenvalue weighted by molar-refractivity contribution is 5.61. The number of nitro groups is 1. The van der Waals surface area contributed by atoms with Crippen molar-refractivity contribution in [3.05, 3.63) is 34.4 Å². The maximum atomic E-state index is 12.4. The second kappa shape index (κ2) is 4.19. The predicted molar refractivity (Wildman–Crippen MR) is 55.2 cm³/mol. The van der Waals surface area contributed by atoms with E-state index in [-0.39, 0.29) is 0 Å². The van der Waals surface area contributed by atoms with Crippen molar-refractivity contribution in [2.75, 3.05) is 5.73 Å². The fraction of sp³-hybridized carbons (Fsp3) is 0.125. The molecule has 8 nitrogen and oxygen atoms in total. The van der Waals surface area contributed by atoms with Crippen molar-refractivity contribution < 1.29 is 18.1 Å². The van der Waals surface area contributed by atoms with Crippen LogP contribution in [0.5, 0.6) is 0 Å². The number of rotatable bonds is 2. The molecular weight excluding hydrogens is 269 g/mol. The molecule has 2 heterocycles. The lowest BCUT2D eigenvalue weighted by atomic mass is 10.3. The van der Waals surface area contributed by atoms with Gasteiger partial charge >= 0.3 is 11.9 Å². The van der Waals surface area contributed by atoms with Gasteiger partial charge in [-0.25, -0.2) is 14.6 Å². The van der Waals surface area contributed by atoms with Crippen molar-refractivity contribution in [1.82, 2.24) is 19.7 Å². The Morgan fingerprint density at radius 2 is 2.05 bits per heavy atom. The van der Waals surface area contributed by atoms with Gasteiger partial charge in [0, 0.05) is 6.20 Å². The van der Waals surface area contributed by atoms with E-state index in [4.69, 9.17) is 5.73 Å². The molecule has 100 valence electrons. The molecule has 0 saturated heterocycles. The van der Waals surface area contributed by atoms with Crippen LogP contribution < -0.4 is 5.73 Å². The number of aromatic nitrogens is 4. The van der Waals surface area contributed by atoms with Crippen molar-refractivity contribution >= 4 is 11.5 Å². The molecule has 0 radical (unpaired) electrons. The standard InChI is InChI=1S/C8H5F3N6O2/c9-8(10,11)4-1-15-16(2-4)7-5(17(18)19)6(12)13-3-14-7/h1-3H,(H2,12,13,14). The molecule has 0 aliphatic rings. The van der Waals surface area contributed by atoms with Gasteiger partial charge in [0.25, 0.3) is 0 Å². The van der Waals surface area contributed by atoms with E-state index in [0.717, 1.165) is 6.33 Å². The minimum Gasteiger partial charge on any atom is -0.378 e. The Morgan fingerprint density at radius 3 is 2.58 bits per heavy atom. The SMILES string of the molecule is Nc1ncnc(-n2cc(C(F)(F)F)cn2)c1[N+](=O)[O-]. The molecule has 0 unspecified atom stereocenters. The first-order chi connectivity index (χ1) is 8.80. The number of nitrogens with two attached hydrogens (primary N) is 1. The number of nitrogens with zero attached hydrogens (tertiary/aromatic N) is 5. The predicted octanol–water partition coefficient (Wildman–Crippen LogP) is 1.17. The second-order valence-electron chi connectivity index (χ2n) is 3.36. The normalized spacial score (nSPS) is 11.5. The second-order valence-corrected chi connectivity index (χ2v) is 3.36. The van der Waals surface area contributed by atoms with E-state index in [9.17, 15) is 23.3 Å². The highest BCUT2D eigenvalue weighted by atomic mass is 19.4. The molecule has 0 bridgehead atoms. The lowest BCUT2D eigenvalue weighted by molar-refractivity contribution is -0.384. The van der Waals surface area contributed by atoms with Crippen molar-refractivity contribution in [3.8, 4) is 5.82 Å². The van der Waals surface area contributed by atoms with E-state index in [1.165, 1.54) is 0 Å². The summed E-state index contributed by atoms with van der Waals surface area (Å²) in [5.41, 5.74) is 3.53. The number of alkyl halides is 3. The molecular formula is C8H5F3N6O2. The minimum atomic E-state index is -4.61. The van der Waals surface area contributed by atoms with Gasteiger partial charge in [0.2, 0.25) is 11.6 Å². The Bertz CT molecular complexity index is 638. The van der Waals surface area contributed by atoms with Gasteiger partial charge in [-0.05, 0) is 0 Å². The minimum absolute atomic E-state index is 0.437. The van der Waals surface area contributed by atoms with Crippen LogP contribution in [-0.4, -0.2) is 24.7 Å². The lowest BCUT2D eigenvalue weighted by Gasteiger charge is -2.03. The van der Waals surface area contributed by atoms with Gasteiger partial charge in [0.05, 0.1) is 16.7 Å². The number of hydrogen-bond acceptors (Lipinski definition) is 6. The van der Waals surface area contributed by atoms with Gasteiger partial charge in [0.15, 0.2) is 0 Å². The Morgan fingerprint density at radius 1 is 1.37 bits per heavy atom. The molecule has 2 N–H and O–H groups in total. The summed E-state index contributed by atoms with van der Waals surface area (Å²) in [7, 11) is 0. The summed E-state index contributed by atoms with van der Waals surface area (Å²) in [6.45, 7) is 0. The fourth-order valence-electron chi connectivity index (χ4n) is 1.31. The number of halogens is 3. The first-order valence-corrected chi connectivity index (χ1v) is 4.68. The Balaban J connectivity index is 2.57. The first-order valence-electron chi connectivity index (χ1n) is 4.68. The summed E-state index contributed by atoms with van der Waals surface area (Å²) >= 11 is 0. The third-order valence-corrected chi connectivity index (χ3v) is 2.14. The summed E-state index contributed by atoms with van der Waals surface area (Å²) in [6, 6.07) is 0. The Labute approximate surface area is 102 Å². The van der Waals surface area contributed by atoms with Crippen LogP contribution in [0, 0.1) is 10.1 Å². The Hall–Kier alpha value is -2.72. The van der Waals surface area contributed by atoms with Gasteiger partial charge in [-0.3, -0.25) is 10.1 Å². The highest BCUT2D eigenvalue weighted by Gasteiger charge is 2.33. The van der Waals surface area contributed by atoms with Crippen LogP contribution in [0.2, 0.25) is 0 Å². The zero-order chi connectivity index (χ0) is 14.2. The first kappa shape index (κ1) is 12.7. The van der Waals surface area contributed by atoms with E-state index in [2.05, 4.69) is 15.1 Å². The monoisotopic (exact) mass is 274 g/mol. The van der Waals surface area contributed by atoms with Gasteiger partial charge in [-0.1, -0.05) is 0 Å². The summed E-state index contributed by atoms with van der Waals surface area (Å²) in [4.78, 5) is 16.8. The Kier molecular flexibility index (Phi) is 2.81. The van der Waals surface area contributed by atoms with Crippen LogP contribution in [-0.2, 0) is 6.18 Å². The summed E-state index contributed by atoms with van der Waals surface area (Å²) in [5, 5.41) is 14.2. The molecule has 2 rings (SSSR count). The van der Waals surface area contributed by atoms with Gasteiger partial charge < -0.3 is 5.73 Å². The van der Waals surface area contributed by atoms with E-state index in [1.807, 2.05) is 0 Å². The average Bonchev–Trinajstić information content (AvgIpc) is 2.76. The average molecular weight is 274 g/mol.